The van der Waals surface area contributed by atoms with Gasteiger partial charge in [0.05, 0.1) is 78.9 Å². The van der Waals surface area contributed by atoms with E-state index in [-0.39, 0.29) is 76.9 Å². The molecule has 0 saturated carbocycles. The van der Waals surface area contributed by atoms with Crippen molar-refractivity contribution in [3.05, 3.63) is 338 Å². The van der Waals surface area contributed by atoms with Crippen LogP contribution in [0.5, 0.6) is 0 Å². The molecule has 0 unspecified atom stereocenters. The Bertz CT molecular complexity index is 7850. The molecule has 0 radical (unpaired) electrons. The van der Waals surface area contributed by atoms with Crippen molar-refractivity contribution in [1.29, 1.82) is 0 Å². The van der Waals surface area contributed by atoms with Crippen molar-refractivity contribution in [2.45, 2.75) is 52.4 Å². The van der Waals surface area contributed by atoms with Crippen molar-refractivity contribution in [3.8, 4) is 50.4 Å². The maximum Gasteiger partial charge on any atom is 0.252 e. The monoisotopic (exact) mass is 1370 g/mol. The van der Waals surface area contributed by atoms with Crippen LogP contribution in [0.3, 0.4) is 0 Å². The third kappa shape index (κ3) is 9.30. The molecule has 6 heterocycles. The summed E-state index contributed by atoms with van der Waals surface area (Å²) in [6.45, 7) is 12.2. The van der Waals surface area contributed by atoms with Crippen molar-refractivity contribution in [1.82, 2.24) is 13.7 Å². The van der Waals surface area contributed by atoms with Crippen LogP contribution in [0.15, 0.2) is 331 Å². The van der Waals surface area contributed by atoms with Crippen LogP contribution in [-0.2, 0) is 10.8 Å². The summed E-state index contributed by atoms with van der Waals surface area (Å²) in [5, 5.41) is 2.67. The van der Waals surface area contributed by atoms with E-state index >= 15 is 0 Å². The van der Waals surface area contributed by atoms with E-state index in [0.717, 1.165) is 55.2 Å². The number of furan rings is 1. The summed E-state index contributed by atoms with van der Waals surface area (Å²) < 4.78 is 212. The summed E-state index contributed by atoms with van der Waals surface area (Å²) in [6, 6.07) is 52.5. The second-order valence-corrected chi connectivity index (χ2v) is 29.3. The lowest BCUT2D eigenvalue weighted by Gasteiger charge is -2.44. The highest BCUT2D eigenvalue weighted by Gasteiger charge is 2.45. The van der Waals surface area contributed by atoms with Crippen LogP contribution < -0.4 is 26.2 Å². The van der Waals surface area contributed by atoms with Gasteiger partial charge in [0.2, 0.25) is 0 Å². The fraction of sp³-hybridized carbons (Fsp3) is 0.0816. The Kier molecular flexibility index (Phi) is 9.39. The molecule has 7 heteroatoms. The third-order valence-electron chi connectivity index (χ3n) is 21.3. The number of rotatable bonds is 8. The van der Waals surface area contributed by atoms with E-state index in [2.05, 4.69) is 88.6 Å². The number of aromatic nitrogens is 3. The molecule has 0 aliphatic carbocycles. The van der Waals surface area contributed by atoms with Gasteiger partial charge in [0.15, 0.2) is 11.2 Å². The Labute approximate surface area is 639 Å². The van der Waals surface area contributed by atoms with Gasteiger partial charge in [0.1, 0.15) is 0 Å². The van der Waals surface area contributed by atoms with Crippen molar-refractivity contribution in [3.63, 3.8) is 0 Å². The van der Waals surface area contributed by atoms with E-state index < -0.39 is 134 Å². The lowest BCUT2D eigenvalue weighted by Crippen LogP contribution is -2.61. The van der Waals surface area contributed by atoms with Crippen molar-refractivity contribution >= 4 is 145 Å². The number of anilines is 6. The normalized spacial score (nSPS) is 15.8. The van der Waals surface area contributed by atoms with E-state index in [4.69, 9.17) is 11.3 Å². The van der Waals surface area contributed by atoms with Crippen molar-refractivity contribution in [2.24, 2.45) is 0 Å². The highest BCUT2D eigenvalue weighted by molar-refractivity contribution is 7.00. The largest absolute Gasteiger partial charge is 0.452 e. The van der Waals surface area contributed by atoms with Crippen LogP contribution in [-0.4, -0.2) is 20.4 Å². The number of para-hydroxylation sites is 6. The number of benzene rings is 15. The Morgan fingerprint density at radius 2 is 0.733 bits per heavy atom. The Morgan fingerprint density at radius 3 is 1.27 bits per heavy atom. The topological polar surface area (TPSA) is 34.4 Å². The maximum absolute atomic E-state index is 10.1. The summed E-state index contributed by atoms with van der Waals surface area (Å²) in [5.74, 6) is 0. The molecule has 0 spiro atoms. The first-order chi connectivity index (χ1) is 60.1. The van der Waals surface area contributed by atoms with Gasteiger partial charge in [0, 0.05) is 77.2 Å². The molecule has 6 nitrogen and oxygen atoms in total. The Hall–Kier alpha value is -12.8. The van der Waals surface area contributed by atoms with Gasteiger partial charge >= 0.3 is 0 Å². The molecule has 498 valence electrons. The summed E-state index contributed by atoms with van der Waals surface area (Å²) in [4.78, 5) is 3.98. The minimum absolute atomic E-state index is 0.0870. The van der Waals surface area contributed by atoms with Crippen LogP contribution in [0, 0.1) is 0 Å². The highest BCUT2D eigenvalue weighted by Crippen LogP contribution is 2.52. The van der Waals surface area contributed by atoms with Crippen LogP contribution in [0.1, 0.15) is 81.5 Å². The van der Waals surface area contributed by atoms with Crippen LogP contribution in [0.2, 0.25) is 0 Å². The molecule has 0 amide bonds. The van der Waals surface area contributed by atoms with Crippen molar-refractivity contribution in [2.75, 3.05) is 9.80 Å². The highest BCUT2D eigenvalue weighted by atomic mass is 16.3. The lowest BCUT2D eigenvalue weighted by atomic mass is 9.33. The zero-order valence-electron chi connectivity index (χ0n) is 78.8. The fourth-order valence-electron chi connectivity index (χ4n) is 16.4. The fourth-order valence-corrected chi connectivity index (χ4v) is 16.4. The van der Waals surface area contributed by atoms with Gasteiger partial charge in [0.25, 0.3) is 6.71 Å². The van der Waals surface area contributed by atoms with E-state index in [1.807, 2.05) is 137 Å². The summed E-state index contributed by atoms with van der Waals surface area (Å²) in [7, 11) is 0. The van der Waals surface area contributed by atoms with E-state index in [1.165, 1.54) is 9.13 Å². The molecule has 105 heavy (non-hydrogen) atoms. The van der Waals surface area contributed by atoms with E-state index in [0.29, 0.717) is 78.1 Å². The molecular weight excluding hydrogens is 1270 g/mol. The van der Waals surface area contributed by atoms with E-state index in [1.54, 1.807) is 30.3 Å². The van der Waals surface area contributed by atoms with Gasteiger partial charge < -0.3 is 27.9 Å². The van der Waals surface area contributed by atoms with Gasteiger partial charge in [-0.3, -0.25) is 0 Å². The molecule has 0 bridgehead atoms. The van der Waals surface area contributed by atoms with Crippen LogP contribution >= 0.6 is 0 Å². The quantitative estimate of drug-likeness (QED) is 0.142. The molecule has 21 rings (SSSR count). The third-order valence-corrected chi connectivity index (χ3v) is 21.3. The molecule has 15 aromatic carbocycles. The van der Waals surface area contributed by atoms with Gasteiger partial charge in [-0.15, -0.1) is 0 Å². The first-order valence-corrected chi connectivity index (χ1v) is 35.0. The summed E-state index contributed by atoms with van der Waals surface area (Å²) >= 11 is 0. The molecule has 0 N–H and O–H groups in total. The minimum atomic E-state index is -0.981. The molecule has 19 aromatic rings. The van der Waals surface area contributed by atoms with Gasteiger partial charge in [-0.1, -0.05) is 260 Å². The predicted molar refractivity (Wildman–Crippen MR) is 444 cm³/mol. The first kappa shape index (κ1) is 43.2. The van der Waals surface area contributed by atoms with Gasteiger partial charge in [-0.2, -0.15) is 0 Å². The van der Waals surface area contributed by atoms with Crippen LogP contribution in [0.25, 0.3) is 138 Å². The molecular formula is C98H72BN5O. The Morgan fingerprint density at radius 1 is 0.276 bits per heavy atom. The molecule has 2 aliphatic rings. The maximum atomic E-state index is 10.1. The molecule has 2 aliphatic heterocycles. The lowest BCUT2D eigenvalue weighted by molar-refractivity contribution is 0.590. The smallest absolute Gasteiger partial charge is 0.252 e. The second kappa shape index (κ2) is 22.8. The van der Waals surface area contributed by atoms with E-state index in [9.17, 15) is 21.9 Å². The summed E-state index contributed by atoms with van der Waals surface area (Å²) in [6.07, 6.45) is 0. The van der Waals surface area contributed by atoms with Crippen LogP contribution in [0.4, 0.5) is 34.1 Å². The standard InChI is InChI=1S/C98H72BN5O/c1-97(2,3)67-45-50-86-78(56-67)79-57-68(98(4,5)6)46-51-87(79)103(86)88-42-24-36-76-77-37-25-43-89(96(77)105-95(76)88)104-91-58-69(100-82-38-20-16-32-72(82)73-33-17-21-39-83(73)100)47-49-81(91)99-80-48-44-64(61-26-10-7-11-27-61)55-90(80)102(70-53-65(62-28-12-8-13-29-62)52-66(54-70)63-30-14-9-15-31-63)92-59-71(60-93(104)94(92)99)101-84-40-22-18-34-74(84)75-35-19-23-41-85(75)101/h7-60H,1-6H3/i7D,10D,11D,16D,17D,18D,19D,20D,21D,22D,23D,26D,27D,32D,33D,34D,35D,38D,39D,40D,41D. The zero-order valence-corrected chi connectivity index (χ0v) is 57.8. The number of hydrogen-bond acceptors (Lipinski definition) is 3. The Balaban J connectivity index is 0.962. The minimum Gasteiger partial charge on any atom is -0.452 e. The summed E-state index contributed by atoms with van der Waals surface area (Å²) in [5.41, 5.74) is 11.9. The molecule has 0 atom stereocenters. The first-order valence-electron chi connectivity index (χ1n) is 45.5. The molecule has 0 fully saturated rings. The SMILES string of the molecule is [2H]c1c([2H])c([2H])c(-c2ccc3c(c2)N(c2cc(-c4ccccc4)cc(-c4ccccc4)c2)c2cc(-n4c5c([2H])c([2H])c([2H])c([2H])c5c5c([2H])c([2H])c([2H])c([2H])c54)cc4c2B3c2ccc(-n3c5c([2H])c([2H])c([2H])c([2H])c5c5c([2H])c([2H])c([2H])c([2H])c53)cc2N4c2cccc3c2oc2c(-n4c5ccc(C(C)(C)C)cc5c5cc(C(C)(C)C)ccc54)cccc23)c([2H])c1[2H]. The number of nitrogens with zero attached hydrogens (tertiary/aromatic N) is 5. The van der Waals surface area contributed by atoms with Gasteiger partial charge in [-0.25, -0.2) is 0 Å². The predicted octanol–water partition coefficient (Wildman–Crippen LogP) is 24.6. The zero-order chi connectivity index (χ0) is 88.4. The second-order valence-electron chi connectivity index (χ2n) is 29.3. The average Bonchev–Trinajstić information content (AvgIpc) is 1.68. The average molecular weight is 1370 g/mol. The molecule has 0 saturated heterocycles. The van der Waals surface area contributed by atoms with Crippen molar-refractivity contribution < 1.29 is 33.2 Å². The molecule has 4 aromatic heterocycles. The number of fused-ring (bicyclic) bond motifs is 16. The number of hydrogen-bond donors (Lipinski definition) is 0. The van der Waals surface area contributed by atoms with Gasteiger partial charge in [-0.05, 0) is 181 Å².